The zero-order chi connectivity index (χ0) is 14.5. The lowest BCUT2D eigenvalue weighted by molar-refractivity contribution is -0.202. The molecule has 1 unspecified atom stereocenters. The van der Waals surface area contributed by atoms with Gasteiger partial charge in [0.05, 0.1) is 5.56 Å². The molecule has 1 aromatic rings. The topological polar surface area (TPSA) is 35.5 Å². The molecule has 0 radical (unpaired) electrons. The fraction of sp³-hybridized carbons (Fsp3) is 0.417. The van der Waals surface area contributed by atoms with E-state index in [4.69, 9.17) is 0 Å². The molecule has 0 heterocycles. The molecule has 1 rings (SSSR count). The van der Waals surface area contributed by atoms with E-state index in [2.05, 4.69) is 9.47 Å². The maximum Gasteiger partial charge on any atom is 0.340 e. The Morgan fingerprint density at radius 3 is 2.37 bits per heavy atom. The van der Waals surface area contributed by atoms with Gasteiger partial charge in [-0.1, -0.05) is 18.2 Å². The van der Waals surface area contributed by atoms with Crippen molar-refractivity contribution in [3.8, 4) is 0 Å². The first-order valence-corrected chi connectivity index (χ1v) is 5.36. The largest absolute Gasteiger partial charge is 0.432 e. The van der Waals surface area contributed by atoms with Crippen LogP contribution < -0.4 is 0 Å². The molecule has 0 aromatic heterocycles. The van der Waals surface area contributed by atoms with Gasteiger partial charge in [0.25, 0.3) is 0 Å². The molecular weight excluding hydrogens is 268 g/mol. The Balaban J connectivity index is 2.44. The first kappa shape index (κ1) is 15.4. The Hall–Kier alpha value is -1.63. The Labute approximate surface area is 107 Å². The van der Waals surface area contributed by atoms with Gasteiger partial charge in [0.2, 0.25) is 6.29 Å². The molecule has 0 N–H and O–H groups in total. The number of halogens is 4. The lowest BCUT2D eigenvalue weighted by atomic mass is 10.2. The number of carbonyl (C=O) groups is 1. The number of benzene rings is 1. The second kappa shape index (κ2) is 6.51. The van der Waals surface area contributed by atoms with E-state index in [0.717, 1.165) is 0 Å². The first-order valence-electron chi connectivity index (χ1n) is 5.36. The standard InChI is InChI=1S/C12H12F4O3/c1-8(18-7-12(15,16)11(13)14)19-10(17)9-5-3-2-4-6-9/h2-6,8,11H,7H2,1H3. The number of hydrogen-bond donors (Lipinski definition) is 0. The number of esters is 1. The van der Waals surface area contributed by atoms with Crippen molar-refractivity contribution in [2.75, 3.05) is 6.61 Å². The van der Waals surface area contributed by atoms with E-state index >= 15 is 0 Å². The van der Waals surface area contributed by atoms with Gasteiger partial charge in [-0.2, -0.15) is 8.78 Å². The van der Waals surface area contributed by atoms with Crippen LogP contribution in [0, 0.1) is 0 Å². The van der Waals surface area contributed by atoms with E-state index in [-0.39, 0.29) is 5.56 Å². The molecular formula is C12H12F4O3. The summed E-state index contributed by atoms with van der Waals surface area (Å²) < 4.78 is 57.9. The highest BCUT2D eigenvalue weighted by Gasteiger charge is 2.41. The molecule has 1 aromatic carbocycles. The smallest absolute Gasteiger partial charge is 0.340 e. The van der Waals surface area contributed by atoms with Gasteiger partial charge in [-0.05, 0) is 19.1 Å². The Bertz CT molecular complexity index is 409. The van der Waals surface area contributed by atoms with Crippen molar-refractivity contribution < 1.29 is 31.8 Å². The van der Waals surface area contributed by atoms with Gasteiger partial charge in [0, 0.05) is 0 Å². The quantitative estimate of drug-likeness (QED) is 0.456. The van der Waals surface area contributed by atoms with E-state index in [9.17, 15) is 22.4 Å². The van der Waals surface area contributed by atoms with Crippen LogP contribution in [0.1, 0.15) is 17.3 Å². The highest BCUT2D eigenvalue weighted by atomic mass is 19.3. The van der Waals surface area contributed by atoms with Crippen LogP contribution in [0.3, 0.4) is 0 Å². The SMILES string of the molecule is CC(OCC(F)(F)C(F)F)OC(=O)c1ccccc1. The Kier molecular flexibility index (Phi) is 5.29. The van der Waals surface area contributed by atoms with Crippen LogP contribution in [0.5, 0.6) is 0 Å². The summed E-state index contributed by atoms with van der Waals surface area (Å²) in [5, 5.41) is 0. The van der Waals surface area contributed by atoms with Gasteiger partial charge in [0.15, 0.2) is 0 Å². The lowest BCUT2D eigenvalue weighted by Gasteiger charge is -2.19. The maximum absolute atomic E-state index is 12.6. The van der Waals surface area contributed by atoms with E-state index in [1.54, 1.807) is 18.2 Å². The summed E-state index contributed by atoms with van der Waals surface area (Å²) >= 11 is 0. The van der Waals surface area contributed by atoms with E-state index in [1.165, 1.54) is 19.1 Å². The van der Waals surface area contributed by atoms with Crippen LogP contribution in [-0.4, -0.2) is 31.2 Å². The van der Waals surface area contributed by atoms with Crippen LogP contribution in [0.4, 0.5) is 17.6 Å². The summed E-state index contributed by atoms with van der Waals surface area (Å²) in [6.07, 6.45) is -5.18. The van der Waals surface area contributed by atoms with Gasteiger partial charge in [-0.25, -0.2) is 13.6 Å². The minimum absolute atomic E-state index is 0.207. The summed E-state index contributed by atoms with van der Waals surface area (Å²) in [5.41, 5.74) is 0.207. The van der Waals surface area contributed by atoms with E-state index in [0.29, 0.717) is 0 Å². The maximum atomic E-state index is 12.6. The molecule has 19 heavy (non-hydrogen) atoms. The van der Waals surface area contributed by atoms with Crippen LogP contribution in [0.25, 0.3) is 0 Å². The lowest BCUT2D eigenvalue weighted by Crippen LogP contribution is -2.34. The number of carbonyl (C=O) groups excluding carboxylic acids is 1. The summed E-state index contributed by atoms with van der Waals surface area (Å²) in [5.74, 6) is -5.05. The molecule has 0 aliphatic carbocycles. The molecule has 0 aliphatic rings. The van der Waals surface area contributed by atoms with Crippen LogP contribution in [0.2, 0.25) is 0 Å². The highest BCUT2D eigenvalue weighted by molar-refractivity contribution is 5.89. The molecule has 0 aliphatic heterocycles. The average Bonchev–Trinajstić information content (AvgIpc) is 2.37. The van der Waals surface area contributed by atoms with Crippen molar-refractivity contribution in [1.82, 2.24) is 0 Å². The molecule has 0 fully saturated rings. The normalized spacial score (nSPS) is 13.4. The van der Waals surface area contributed by atoms with Crippen molar-refractivity contribution in [1.29, 1.82) is 0 Å². The molecule has 0 amide bonds. The second-order valence-corrected chi connectivity index (χ2v) is 3.71. The minimum Gasteiger partial charge on any atom is -0.432 e. The zero-order valence-corrected chi connectivity index (χ0v) is 9.99. The number of alkyl halides is 4. The number of ether oxygens (including phenoxy) is 2. The van der Waals surface area contributed by atoms with Crippen LogP contribution in [0.15, 0.2) is 30.3 Å². The molecule has 0 spiro atoms. The van der Waals surface area contributed by atoms with Crippen molar-refractivity contribution in [3.05, 3.63) is 35.9 Å². The Morgan fingerprint density at radius 1 is 1.26 bits per heavy atom. The minimum atomic E-state index is -4.27. The highest BCUT2D eigenvalue weighted by Crippen LogP contribution is 2.23. The van der Waals surface area contributed by atoms with Gasteiger partial charge in [0.1, 0.15) is 6.61 Å². The molecule has 106 valence electrons. The summed E-state index contributed by atoms with van der Waals surface area (Å²) in [7, 11) is 0. The molecule has 3 nitrogen and oxygen atoms in total. The van der Waals surface area contributed by atoms with Gasteiger partial charge in [-0.15, -0.1) is 0 Å². The predicted molar refractivity (Wildman–Crippen MR) is 58.2 cm³/mol. The van der Waals surface area contributed by atoms with E-state index in [1.807, 2.05) is 0 Å². The van der Waals surface area contributed by atoms with Crippen molar-refractivity contribution in [3.63, 3.8) is 0 Å². The van der Waals surface area contributed by atoms with E-state index < -0.39 is 31.2 Å². The number of rotatable bonds is 6. The third-order valence-corrected chi connectivity index (χ3v) is 2.11. The Morgan fingerprint density at radius 2 is 1.84 bits per heavy atom. The fourth-order valence-electron chi connectivity index (χ4n) is 1.12. The zero-order valence-electron chi connectivity index (χ0n) is 9.99. The number of hydrogen-bond acceptors (Lipinski definition) is 3. The molecule has 7 heteroatoms. The first-order chi connectivity index (χ1) is 8.83. The second-order valence-electron chi connectivity index (χ2n) is 3.71. The summed E-state index contributed by atoms with van der Waals surface area (Å²) in [4.78, 5) is 11.5. The molecule has 0 saturated heterocycles. The summed E-state index contributed by atoms with van der Waals surface area (Å²) in [6, 6.07) is 7.78. The third-order valence-electron chi connectivity index (χ3n) is 2.11. The van der Waals surface area contributed by atoms with Gasteiger partial charge >= 0.3 is 18.3 Å². The summed E-state index contributed by atoms with van der Waals surface area (Å²) in [6.45, 7) is -0.351. The molecule has 0 bridgehead atoms. The monoisotopic (exact) mass is 280 g/mol. The third kappa shape index (κ3) is 4.86. The van der Waals surface area contributed by atoms with Crippen molar-refractivity contribution >= 4 is 5.97 Å². The van der Waals surface area contributed by atoms with Crippen LogP contribution in [-0.2, 0) is 9.47 Å². The molecule has 1 atom stereocenters. The van der Waals surface area contributed by atoms with Gasteiger partial charge in [-0.3, -0.25) is 0 Å². The van der Waals surface area contributed by atoms with Crippen molar-refractivity contribution in [2.45, 2.75) is 25.6 Å². The van der Waals surface area contributed by atoms with Crippen molar-refractivity contribution in [2.24, 2.45) is 0 Å². The van der Waals surface area contributed by atoms with Gasteiger partial charge < -0.3 is 9.47 Å². The molecule has 0 saturated carbocycles. The average molecular weight is 280 g/mol. The predicted octanol–water partition coefficient (Wildman–Crippen LogP) is 3.11. The van der Waals surface area contributed by atoms with Crippen LogP contribution >= 0.6 is 0 Å². The fourth-order valence-corrected chi connectivity index (χ4v) is 1.12.